The van der Waals surface area contributed by atoms with Gasteiger partial charge in [0.1, 0.15) is 0 Å². The van der Waals surface area contributed by atoms with E-state index in [-0.39, 0.29) is 0 Å². The fourth-order valence-electron chi connectivity index (χ4n) is 1.62. The molecule has 0 aromatic carbocycles. The molecule has 1 rings (SSSR count). The van der Waals surface area contributed by atoms with Crippen molar-refractivity contribution < 1.29 is 0 Å². The van der Waals surface area contributed by atoms with E-state index in [1.165, 1.54) is 12.1 Å². The number of hydrogen-bond donors (Lipinski definition) is 1. The highest BCUT2D eigenvalue weighted by molar-refractivity contribution is 5.14. The second-order valence-corrected chi connectivity index (χ2v) is 4.24. The minimum Gasteiger partial charge on any atom is -0.314 e. The monoisotopic (exact) mass is 206 g/mol. The van der Waals surface area contributed by atoms with Crippen molar-refractivity contribution in [1.29, 1.82) is 0 Å². The van der Waals surface area contributed by atoms with Gasteiger partial charge >= 0.3 is 0 Å². The first kappa shape index (κ1) is 12.2. The zero-order valence-corrected chi connectivity index (χ0v) is 10.2. The molecule has 15 heavy (non-hydrogen) atoms. The van der Waals surface area contributed by atoms with E-state index in [0.717, 1.165) is 12.2 Å². The third kappa shape index (κ3) is 3.63. The Morgan fingerprint density at radius 1 is 1.33 bits per heavy atom. The highest BCUT2D eigenvalue weighted by Gasteiger charge is 2.14. The lowest BCUT2D eigenvalue weighted by Gasteiger charge is -2.20. The summed E-state index contributed by atoms with van der Waals surface area (Å²) in [5, 5.41) is 3.51. The summed E-state index contributed by atoms with van der Waals surface area (Å²) < 4.78 is 0. The van der Waals surface area contributed by atoms with Gasteiger partial charge in [-0.2, -0.15) is 0 Å². The molecule has 0 saturated carbocycles. The molecule has 0 amide bonds. The van der Waals surface area contributed by atoms with Gasteiger partial charge < -0.3 is 5.32 Å². The fraction of sp³-hybridized carbons (Fsp3) is 0.615. The molecule has 0 aliphatic rings. The van der Waals surface area contributed by atoms with Gasteiger partial charge in [0.05, 0.1) is 0 Å². The van der Waals surface area contributed by atoms with Crippen LogP contribution in [0, 0.1) is 6.92 Å². The molecule has 1 aromatic rings. The minimum atomic E-state index is 0.469. The first-order chi connectivity index (χ1) is 7.15. The van der Waals surface area contributed by atoms with Crippen LogP contribution in [0.1, 0.15) is 44.5 Å². The zero-order chi connectivity index (χ0) is 11.3. The number of aryl methyl sites for hydroxylation is 1. The Labute approximate surface area is 93.1 Å². The number of aromatic nitrogens is 1. The summed E-state index contributed by atoms with van der Waals surface area (Å²) in [6.45, 7) is 9.77. The summed E-state index contributed by atoms with van der Waals surface area (Å²) in [4.78, 5) is 4.56. The van der Waals surface area contributed by atoms with Gasteiger partial charge in [0, 0.05) is 23.3 Å². The van der Waals surface area contributed by atoms with Gasteiger partial charge in [-0.05, 0) is 38.9 Å². The van der Waals surface area contributed by atoms with Crippen molar-refractivity contribution >= 4 is 0 Å². The smallest absolute Gasteiger partial charge is 0.0450 e. The Balaban J connectivity index is 2.62. The van der Waals surface area contributed by atoms with E-state index in [2.05, 4.69) is 43.2 Å². The van der Waals surface area contributed by atoms with Crippen molar-refractivity contribution in [3.63, 3.8) is 0 Å². The van der Waals surface area contributed by atoms with Gasteiger partial charge in [-0.15, -0.1) is 0 Å². The standard InChI is InChI=1S/C13H22N2/c1-5-9-14-12(4)11(3)13-8-6-7-10(2)15-13/h6-8,11-12,14H,5,9H2,1-4H3. The third-order valence-electron chi connectivity index (χ3n) is 2.84. The lowest BCUT2D eigenvalue weighted by molar-refractivity contribution is 0.474. The molecule has 0 radical (unpaired) electrons. The molecule has 2 heteroatoms. The summed E-state index contributed by atoms with van der Waals surface area (Å²) in [6, 6.07) is 6.72. The van der Waals surface area contributed by atoms with Crippen LogP contribution in [-0.4, -0.2) is 17.6 Å². The highest BCUT2D eigenvalue weighted by atomic mass is 14.9. The molecular formula is C13H22N2. The maximum Gasteiger partial charge on any atom is 0.0450 e. The van der Waals surface area contributed by atoms with Crippen molar-refractivity contribution in [1.82, 2.24) is 10.3 Å². The predicted octanol–water partition coefficient (Wildman–Crippen LogP) is 2.88. The van der Waals surface area contributed by atoms with Crippen LogP contribution in [0.15, 0.2) is 18.2 Å². The minimum absolute atomic E-state index is 0.469. The maximum atomic E-state index is 4.56. The van der Waals surface area contributed by atoms with Gasteiger partial charge in [0.15, 0.2) is 0 Å². The molecule has 0 fully saturated rings. The summed E-state index contributed by atoms with van der Waals surface area (Å²) in [7, 11) is 0. The summed E-state index contributed by atoms with van der Waals surface area (Å²) in [5.74, 6) is 0.469. The van der Waals surface area contributed by atoms with Gasteiger partial charge in [0.25, 0.3) is 0 Å². The van der Waals surface area contributed by atoms with Gasteiger partial charge in [0.2, 0.25) is 0 Å². The molecule has 84 valence electrons. The van der Waals surface area contributed by atoms with Crippen LogP contribution in [0.4, 0.5) is 0 Å². The molecule has 1 aromatic heterocycles. The number of pyridine rings is 1. The first-order valence-corrected chi connectivity index (χ1v) is 5.82. The molecule has 1 heterocycles. The molecule has 0 saturated heterocycles. The molecule has 0 aliphatic carbocycles. The number of nitrogens with zero attached hydrogens (tertiary/aromatic N) is 1. The fourth-order valence-corrected chi connectivity index (χ4v) is 1.62. The summed E-state index contributed by atoms with van der Waals surface area (Å²) in [5.41, 5.74) is 2.29. The average molecular weight is 206 g/mol. The molecule has 2 atom stereocenters. The van der Waals surface area contributed by atoms with Crippen LogP contribution >= 0.6 is 0 Å². The number of hydrogen-bond acceptors (Lipinski definition) is 2. The van der Waals surface area contributed by atoms with Crippen LogP contribution < -0.4 is 5.32 Å². The number of rotatable bonds is 5. The van der Waals surface area contributed by atoms with Crippen LogP contribution in [0.5, 0.6) is 0 Å². The third-order valence-corrected chi connectivity index (χ3v) is 2.84. The lowest BCUT2D eigenvalue weighted by atomic mass is 9.99. The Kier molecular flexibility index (Phi) is 4.76. The van der Waals surface area contributed by atoms with E-state index >= 15 is 0 Å². The second kappa shape index (κ2) is 5.86. The topological polar surface area (TPSA) is 24.9 Å². The first-order valence-electron chi connectivity index (χ1n) is 5.82. The normalized spacial score (nSPS) is 14.9. The SMILES string of the molecule is CCCNC(C)C(C)c1cccc(C)n1. The van der Waals surface area contributed by atoms with E-state index in [4.69, 9.17) is 0 Å². The summed E-state index contributed by atoms with van der Waals surface area (Å²) >= 11 is 0. The molecule has 0 bridgehead atoms. The Morgan fingerprint density at radius 3 is 2.67 bits per heavy atom. The molecule has 2 nitrogen and oxygen atoms in total. The van der Waals surface area contributed by atoms with E-state index in [0.29, 0.717) is 12.0 Å². The highest BCUT2D eigenvalue weighted by Crippen LogP contribution is 2.16. The Morgan fingerprint density at radius 2 is 2.07 bits per heavy atom. The largest absolute Gasteiger partial charge is 0.314 e. The Bertz CT molecular complexity index is 296. The van der Waals surface area contributed by atoms with Gasteiger partial charge in [-0.25, -0.2) is 0 Å². The molecular weight excluding hydrogens is 184 g/mol. The quantitative estimate of drug-likeness (QED) is 0.801. The van der Waals surface area contributed by atoms with Crippen molar-refractivity contribution in [2.45, 2.75) is 46.1 Å². The Hall–Kier alpha value is -0.890. The van der Waals surface area contributed by atoms with E-state index < -0.39 is 0 Å². The van der Waals surface area contributed by atoms with Crippen molar-refractivity contribution in [3.8, 4) is 0 Å². The molecule has 0 spiro atoms. The average Bonchev–Trinajstić information content (AvgIpc) is 2.24. The van der Waals surface area contributed by atoms with E-state index in [1.54, 1.807) is 0 Å². The maximum absolute atomic E-state index is 4.56. The van der Waals surface area contributed by atoms with Crippen LogP contribution in [0.25, 0.3) is 0 Å². The second-order valence-electron chi connectivity index (χ2n) is 4.24. The lowest BCUT2D eigenvalue weighted by Crippen LogP contribution is -2.31. The predicted molar refractivity (Wildman–Crippen MR) is 65.1 cm³/mol. The molecule has 2 unspecified atom stereocenters. The van der Waals surface area contributed by atoms with Gasteiger partial charge in [-0.1, -0.05) is 19.9 Å². The van der Waals surface area contributed by atoms with Crippen molar-refractivity contribution in [3.05, 3.63) is 29.6 Å². The summed E-state index contributed by atoms with van der Waals surface area (Å²) in [6.07, 6.45) is 1.18. The van der Waals surface area contributed by atoms with Crippen molar-refractivity contribution in [2.24, 2.45) is 0 Å². The molecule has 1 N–H and O–H groups in total. The van der Waals surface area contributed by atoms with E-state index in [9.17, 15) is 0 Å². The molecule has 0 aliphatic heterocycles. The zero-order valence-electron chi connectivity index (χ0n) is 10.2. The van der Waals surface area contributed by atoms with Crippen molar-refractivity contribution in [2.75, 3.05) is 6.54 Å². The van der Waals surface area contributed by atoms with Crippen LogP contribution in [0.3, 0.4) is 0 Å². The van der Waals surface area contributed by atoms with Crippen LogP contribution in [0.2, 0.25) is 0 Å². The number of nitrogens with one attached hydrogen (secondary N) is 1. The van der Waals surface area contributed by atoms with Crippen LogP contribution in [-0.2, 0) is 0 Å². The van der Waals surface area contributed by atoms with Gasteiger partial charge in [-0.3, -0.25) is 4.98 Å². The van der Waals surface area contributed by atoms with E-state index in [1.807, 2.05) is 13.0 Å².